The van der Waals surface area contributed by atoms with Gasteiger partial charge in [-0.05, 0) is 111 Å². The monoisotopic (exact) mass is 865 g/mol. The third-order valence-corrected chi connectivity index (χ3v) is 23.5. The molecule has 3 fully saturated rings. The van der Waals surface area contributed by atoms with Crippen molar-refractivity contribution in [3.63, 3.8) is 0 Å². The lowest BCUT2D eigenvalue weighted by atomic mass is 9.75. The normalized spacial score (nSPS) is 34.3. The van der Waals surface area contributed by atoms with Crippen molar-refractivity contribution in [1.82, 2.24) is 0 Å². The molecule has 59 heavy (non-hydrogen) atoms. The molecule has 6 aliphatic rings. The predicted octanol–water partition coefficient (Wildman–Crippen LogP) is 11.8. The van der Waals surface area contributed by atoms with Gasteiger partial charge in [0.1, 0.15) is 36.6 Å². The zero-order valence-electron chi connectivity index (χ0n) is 37.6. The van der Waals surface area contributed by atoms with Gasteiger partial charge in [-0.3, -0.25) is 14.4 Å². The van der Waals surface area contributed by atoms with Crippen molar-refractivity contribution in [2.24, 2.45) is 35.5 Å². The predicted molar refractivity (Wildman–Crippen MR) is 247 cm³/mol. The number of aliphatic hydroxyl groups excluding tert-OH is 1. The zero-order valence-corrected chi connectivity index (χ0v) is 39.6. The van der Waals surface area contributed by atoms with Crippen LogP contribution in [0.1, 0.15) is 144 Å². The van der Waals surface area contributed by atoms with Crippen molar-refractivity contribution in [3.8, 4) is 0 Å². The smallest absolute Gasteiger partial charge is 0.306 e. The van der Waals surface area contributed by atoms with Crippen LogP contribution in [0.2, 0.25) is 36.3 Å². The minimum atomic E-state index is -1.89. The van der Waals surface area contributed by atoms with E-state index in [4.69, 9.17) is 23.1 Å². The van der Waals surface area contributed by atoms with Crippen LogP contribution in [0.15, 0.2) is 34.9 Å². The van der Waals surface area contributed by atoms with E-state index < -0.39 is 22.7 Å². The molecule has 0 aromatic heterocycles. The van der Waals surface area contributed by atoms with Crippen molar-refractivity contribution in [1.29, 1.82) is 0 Å². The number of carbonyl (C=O) groups is 3. The number of allylic oxidation sites excluding steroid dienone is 3. The standard InChI is InChI=1S/2C17H30O3Si.C11H16O3.3CH4/c2*1-11-8-9-13-12(2)10-14(18)19-16(13)15(11)20-21(6,7)17(3,4)5;1-6-3-4-8-7(2)5-9(12)14-11(8)10(6)13;;;/h2*8,12-13,15-16H,9-10H2,1-7H3;3,7-8,10-11,13H,4-5H2,1-2H3;3*1H4/t12-,13+,15+,16+;12-,13-,15-,16-;7?,8-,10-,11-;;;/m011.../s1. The Morgan fingerprint density at radius 3 is 1.12 bits per heavy atom. The van der Waals surface area contributed by atoms with Crippen molar-refractivity contribution in [2.75, 3.05) is 0 Å². The first kappa shape index (κ1) is 55.0. The lowest BCUT2D eigenvalue weighted by Gasteiger charge is -2.47. The van der Waals surface area contributed by atoms with Crippen LogP contribution in [0.25, 0.3) is 0 Å². The molecule has 1 N–H and O–H groups in total. The zero-order chi connectivity index (χ0) is 42.3. The summed E-state index contributed by atoms with van der Waals surface area (Å²) in [6.45, 7) is 35.0. The number of esters is 3. The van der Waals surface area contributed by atoms with Gasteiger partial charge in [-0.2, -0.15) is 0 Å². The Kier molecular flexibility index (Phi) is 19.4. The number of ether oxygens (including phenoxy) is 3. The highest BCUT2D eigenvalue weighted by molar-refractivity contribution is 6.74. The van der Waals surface area contributed by atoms with Crippen LogP contribution in [-0.4, -0.2) is 76.3 Å². The molecular formula is C48H88O9Si2. The molecule has 9 nitrogen and oxygen atoms in total. The third-order valence-electron chi connectivity index (χ3n) is 14.6. The Labute approximate surface area is 363 Å². The van der Waals surface area contributed by atoms with E-state index in [9.17, 15) is 19.5 Å². The maximum absolute atomic E-state index is 11.9. The number of rotatable bonds is 4. The summed E-state index contributed by atoms with van der Waals surface area (Å²) in [6.07, 6.45) is 9.91. The van der Waals surface area contributed by atoms with Gasteiger partial charge in [0.25, 0.3) is 0 Å². The first-order valence-electron chi connectivity index (χ1n) is 21.3. The van der Waals surface area contributed by atoms with E-state index in [2.05, 4.69) is 121 Å². The molecule has 0 radical (unpaired) electrons. The van der Waals surface area contributed by atoms with Gasteiger partial charge in [-0.15, -0.1) is 0 Å². The molecule has 3 saturated heterocycles. The fourth-order valence-corrected chi connectivity index (χ4v) is 11.1. The average molecular weight is 865 g/mol. The molecule has 12 atom stereocenters. The van der Waals surface area contributed by atoms with E-state index in [-0.39, 0.29) is 80.8 Å². The van der Waals surface area contributed by atoms with Gasteiger partial charge < -0.3 is 28.2 Å². The van der Waals surface area contributed by atoms with Gasteiger partial charge in [0.15, 0.2) is 16.6 Å². The van der Waals surface area contributed by atoms with Gasteiger partial charge >= 0.3 is 17.9 Å². The molecule has 3 aliphatic carbocycles. The highest BCUT2D eigenvalue weighted by Gasteiger charge is 2.50. The summed E-state index contributed by atoms with van der Waals surface area (Å²) in [5, 5.41) is 10.2. The van der Waals surface area contributed by atoms with Crippen LogP contribution in [0, 0.1) is 35.5 Å². The van der Waals surface area contributed by atoms with Crippen LogP contribution in [0.5, 0.6) is 0 Å². The SMILES string of the molecule is C.C.C.CC1=CC[C@@H]2C(C)CC(=O)O[C@H]2[C@@H]1O.CC1=CC[C@H]2[C@@H](OC(=O)C[C@@H]2C)[C@@H]1O[Si](C)(C)C(C)(C)C.CC1=CC[C@H]2[C@@H](OC(=O)C[C@H]2C)[C@@H]1O[Si](C)(C)C(C)(C)C. The maximum atomic E-state index is 11.9. The Morgan fingerprint density at radius 2 is 0.814 bits per heavy atom. The number of carbonyl (C=O) groups excluding carboxylic acids is 3. The molecule has 0 aromatic carbocycles. The Morgan fingerprint density at radius 1 is 0.542 bits per heavy atom. The van der Waals surface area contributed by atoms with Crippen LogP contribution in [-0.2, 0) is 37.4 Å². The molecule has 342 valence electrons. The van der Waals surface area contributed by atoms with Crippen molar-refractivity contribution in [2.45, 2.75) is 217 Å². The largest absolute Gasteiger partial charge is 0.459 e. The highest BCUT2D eigenvalue weighted by atomic mass is 28.4. The van der Waals surface area contributed by atoms with E-state index in [0.717, 1.165) is 24.8 Å². The summed E-state index contributed by atoms with van der Waals surface area (Å²) in [7, 11) is -3.77. The molecule has 1 unspecified atom stereocenters. The van der Waals surface area contributed by atoms with E-state index >= 15 is 0 Å². The average Bonchev–Trinajstić information content (AvgIpc) is 3.05. The Hall–Kier alpha value is -2.06. The number of fused-ring (bicyclic) bond motifs is 3. The topological polar surface area (TPSA) is 118 Å². The third kappa shape index (κ3) is 12.8. The van der Waals surface area contributed by atoms with Gasteiger partial charge in [-0.1, -0.05) is 103 Å². The van der Waals surface area contributed by atoms with E-state index in [1.54, 1.807) is 0 Å². The minimum Gasteiger partial charge on any atom is -0.459 e. The second-order valence-corrected chi connectivity index (χ2v) is 30.5. The quantitative estimate of drug-likeness (QED) is 0.128. The van der Waals surface area contributed by atoms with Crippen LogP contribution < -0.4 is 0 Å². The second kappa shape index (κ2) is 20.9. The maximum Gasteiger partial charge on any atom is 0.306 e. The number of hydrogen-bond donors (Lipinski definition) is 1. The molecular weight excluding hydrogens is 777 g/mol. The van der Waals surface area contributed by atoms with Gasteiger partial charge in [0.05, 0.1) is 0 Å². The van der Waals surface area contributed by atoms with Gasteiger partial charge in [-0.25, -0.2) is 0 Å². The van der Waals surface area contributed by atoms with Crippen molar-refractivity contribution >= 4 is 34.5 Å². The minimum absolute atomic E-state index is 0. The molecule has 11 heteroatoms. The Bertz CT molecular complexity index is 1450. The molecule has 3 aliphatic heterocycles. The summed E-state index contributed by atoms with van der Waals surface area (Å²) in [6, 6.07) is 0. The fraction of sp³-hybridized carbons (Fsp3) is 0.812. The lowest BCUT2D eigenvalue weighted by Crippen LogP contribution is -2.54. The highest BCUT2D eigenvalue weighted by Crippen LogP contribution is 2.45. The van der Waals surface area contributed by atoms with Crippen molar-refractivity contribution in [3.05, 3.63) is 34.9 Å². The first-order valence-corrected chi connectivity index (χ1v) is 27.1. The molecule has 0 bridgehead atoms. The summed E-state index contributed by atoms with van der Waals surface area (Å²) in [5.41, 5.74) is 3.37. The summed E-state index contributed by atoms with van der Waals surface area (Å²) < 4.78 is 29.9. The fourth-order valence-electron chi connectivity index (χ4n) is 8.45. The van der Waals surface area contributed by atoms with Crippen LogP contribution >= 0.6 is 0 Å². The molecule has 3 heterocycles. The number of aliphatic hydroxyl groups is 1. The first-order chi connectivity index (χ1) is 25.6. The van der Waals surface area contributed by atoms with E-state index in [1.807, 2.05) is 6.92 Å². The number of hydrogen-bond acceptors (Lipinski definition) is 9. The van der Waals surface area contributed by atoms with Gasteiger partial charge in [0.2, 0.25) is 0 Å². The van der Waals surface area contributed by atoms with Gasteiger partial charge in [0, 0.05) is 37.0 Å². The molecule has 0 amide bonds. The summed E-state index contributed by atoms with van der Waals surface area (Å²) in [4.78, 5) is 34.9. The Balaban J connectivity index is 0.000000440. The summed E-state index contributed by atoms with van der Waals surface area (Å²) >= 11 is 0. The lowest BCUT2D eigenvalue weighted by molar-refractivity contribution is -0.172. The molecule has 0 saturated carbocycles. The van der Waals surface area contributed by atoms with E-state index in [0.29, 0.717) is 54.8 Å². The molecule has 0 aromatic rings. The van der Waals surface area contributed by atoms with Crippen LogP contribution in [0.3, 0.4) is 0 Å². The molecule has 0 spiro atoms. The van der Waals surface area contributed by atoms with E-state index in [1.165, 1.54) is 11.1 Å². The second-order valence-electron chi connectivity index (χ2n) is 21.0. The van der Waals surface area contributed by atoms with Crippen molar-refractivity contribution < 1.29 is 42.6 Å². The summed E-state index contributed by atoms with van der Waals surface area (Å²) in [5.74, 6) is 1.88. The molecule has 6 rings (SSSR count). The van der Waals surface area contributed by atoms with Crippen LogP contribution in [0.4, 0.5) is 0 Å².